The fourth-order valence-corrected chi connectivity index (χ4v) is 1.28. The number of carbonyl (C=O) groups excluding carboxylic acids is 1. The summed E-state index contributed by atoms with van der Waals surface area (Å²) in [6.45, 7) is 3.85. The molecule has 0 aliphatic rings. The van der Waals surface area contributed by atoms with E-state index in [1.807, 2.05) is 0 Å². The summed E-state index contributed by atoms with van der Waals surface area (Å²) in [5.74, 6) is -0.278. The van der Waals surface area contributed by atoms with E-state index < -0.39 is 5.60 Å². The molecule has 0 saturated carbocycles. The second-order valence-electron chi connectivity index (χ2n) is 4.29. The van der Waals surface area contributed by atoms with Crippen LogP contribution in [0.5, 0.6) is 0 Å². The van der Waals surface area contributed by atoms with E-state index in [0.29, 0.717) is 18.7 Å². The Morgan fingerprint density at radius 2 is 2.31 bits per heavy atom. The molecule has 1 N–H and O–H groups in total. The molecule has 0 amide bonds. The molecule has 0 aliphatic heterocycles. The molecular weight excluding hydrogens is 210 g/mol. The minimum atomic E-state index is -0.802. The van der Waals surface area contributed by atoms with Gasteiger partial charge in [-0.1, -0.05) is 5.21 Å². The molecule has 0 aromatic carbocycles. The van der Waals surface area contributed by atoms with Crippen molar-refractivity contribution in [3.05, 3.63) is 11.9 Å². The summed E-state index contributed by atoms with van der Waals surface area (Å²) in [6.07, 6.45) is 2.42. The van der Waals surface area contributed by atoms with Crippen LogP contribution in [0.3, 0.4) is 0 Å². The van der Waals surface area contributed by atoms with E-state index in [1.54, 1.807) is 24.7 Å². The molecule has 0 bridgehead atoms. The first-order chi connectivity index (χ1) is 7.40. The van der Waals surface area contributed by atoms with E-state index in [-0.39, 0.29) is 12.4 Å². The van der Waals surface area contributed by atoms with Gasteiger partial charge in [0.05, 0.1) is 31.4 Å². The predicted octanol–water partition coefficient (Wildman–Crippen LogP) is 0.155. The van der Waals surface area contributed by atoms with Crippen LogP contribution in [-0.2, 0) is 22.5 Å². The molecule has 0 fully saturated rings. The van der Waals surface area contributed by atoms with Gasteiger partial charge in [-0.3, -0.25) is 9.48 Å². The molecule has 0 radical (unpaired) electrons. The Balaban J connectivity index is 2.49. The topological polar surface area (TPSA) is 77.2 Å². The maximum atomic E-state index is 10.9. The zero-order chi connectivity index (χ0) is 12.2. The number of methoxy groups -OCH3 is 1. The molecule has 6 nitrogen and oxygen atoms in total. The molecule has 0 unspecified atom stereocenters. The van der Waals surface area contributed by atoms with Crippen molar-refractivity contribution in [2.75, 3.05) is 7.11 Å². The largest absolute Gasteiger partial charge is 0.469 e. The Morgan fingerprint density at radius 3 is 2.88 bits per heavy atom. The Bertz CT molecular complexity index is 354. The SMILES string of the molecule is COC(=O)CCn1cc(CC(C)(C)O)nn1. The van der Waals surface area contributed by atoms with E-state index >= 15 is 0 Å². The van der Waals surface area contributed by atoms with Gasteiger partial charge in [0, 0.05) is 12.6 Å². The van der Waals surface area contributed by atoms with Gasteiger partial charge in [-0.15, -0.1) is 5.10 Å². The maximum Gasteiger partial charge on any atom is 0.307 e. The highest BCUT2D eigenvalue weighted by Crippen LogP contribution is 2.09. The Labute approximate surface area is 94.2 Å². The standard InChI is InChI=1S/C10H17N3O3/c1-10(2,15)6-8-7-13(12-11-8)5-4-9(14)16-3/h7,15H,4-6H2,1-3H3. The van der Waals surface area contributed by atoms with Gasteiger partial charge in [0.25, 0.3) is 0 Å². The highest BCUT2D eigenvalue weighted by Gasteiger charge is 2.15. The van der Waals surface area contributed by atoms with Crippen molar-refractivity contribution in [2.24, 2.45) is 0 Å². The molecule has 0 spiro atoms. The van der Waals surface area contributed by atoms with Gasteiger partial charge >= 0.3 is 5.97 Å². The van der Waals surface area contributed by atoms with E-state index in [4.69, 9.17) is 0 Å². The lowest BCUT2D eigenvalue weighted by atomic mass is 10.0. The highest BCUT2D eigenvalue weighted by molar-refractivity contribution is 5.68. The quantitative estimate of drug-likeness (QED) is 0.725. The Morgan fingerprint density at radius 1 is 1.62 bits per heavy atom. The van der Waals surface area contributed by atoms with E-state index in [0.717, 1.165) is 0 Å². The number of hydrogen-bond donors (Lipinski definition) is 1. The normalized spacial score (nSPS) is 11.5. The van der Waals surface area contributed by atoms with Gasteiger partial charge < -0.3 is 9.84 Å². The molecule has 0 atom stereocenters. The molecule has 1 aromatic heterocycles. The predicted molar refractivity (Wildman–Crippen MR) is 56.7 cm³/mol. The number of rotatable bonds is 5. The summed E-state index contributed by atoms with van der Waals surface area (Å²) in [6, 6.07) is 0. The lowest BCUT2D eigenvalue weighted by Crippen LogP contribution is -2.22. The zero-order valence-corrected chi connectivity index (χ0v) is 9.80. The summed E-state index contributed by atoms with van der Waals surface area (Å²) in [7, 11) is 1.35. The van der Waals surface area contributed by atoms with Crippen LogP contribution in [0.15, 0.2) is 6.20 Å². The Kier molecular flexibility index (Phi) is 4.00. The average molecular weight is 227 g/mol. The third-order valence-electron chi connectivity index (χ3n) is 1.97. The van der Waals surface area contributed by atoms with Crippen LogP contribution >= 0.6 is 0 Å². The third kappa shape index (κ3) is 4.39. The molecular formula is C10H17N3O3. The Hall–Kier alpha value is -1.43. The van der Waals surface area contributed by atoms with Crippen molar-refractivity contribution < 1.29 is 14.6 Å². The van der Waals surface area contributed by atoms with Crippen molar-refractivity contribution in [1.82, 2.24) is 15.0 Å². The lowest BCUT2D eigenvalue weighted by molar-refractivity contribution is -0.140. The fourth-order valence-electron chi connectivity index (χ4n) is 1.28. The summed E-state index contributed by atoms with van der Waals surface area (Å²) in [5, 5.41) is 17.3. The van der Waals surface area contributed by atoms with Gasteiger partial charge in [-0.2, -0.15) is 0 Å². The van der Waals surface area contributed by atoms with Crippen molar-refractivity contribution >= 4 is 5.97 Å². The average Bonchev–Trinajstić information content (AvgIpc) is 2.59. The lowest BCUT2D eigenvalue weighted by Gasteiger charge is -2.13. The first-order valence-corrected chi connectivity index (χ1v) is 5.09. The van der Waals surface area contributed by atoms with Crippen LogP contribution in [0.4, 0.5) is 0 Å². The van der Waals surface area contributed by atoms with Crippen molar-refractivity contribution in [2.45, 2.75) is 38.8 Å². The molecule has 90 valence electrons. The highest BCUT2D eigenvalue weighted by atomic mass is 16.5. The minimum absolute atomic E-state index is 0.266. The maximum absolute atomic E-state index is 10.9. The molecule has 0 saturated heterocycles. The molecule has 16 heavy (non-hydrogen) atoms. The second-order valence-corrected chi connectivity index (χ2v) is 4.29. The van der Waals surface area contributed by atoms with Gasteiger partial charge in [0.1, 0.15) is 0 Å². The number of nitrogens with zero attached hydrogens (tertiary/aromatic N) is 3. The third-order valence-corrected chi connectivity index (χ3v) is 1.97. The number of aliphatic hydroxyl groups is 1. The fraction of sp³-hybridized carbons (Fsp3) is 0.700. The van der Waals surface area contributed by atoms with Crippen molar-refractivity contribution in [3.63, 3.8) is 0 Å². The van der Waals surface area contributed by atoms with Crippen LogP contribution in [0.25, 0.3) is 0 Å². The summed E-state index contributed by atoms with van der Waals surface area (Å²) in [4.78, 5) is 10.9. The summed E-state index contributed by atoms with van der Waals surface area (Å²) in [5.41, 5.74) is -0.0965. The van der Waals surface area contributed by atoms with Crippen LogP contribution in [-0.4, -0.2) is 38.8 Å². The van der Waals surface area contributed by atoms with Gasteiger partial charge in [0.2, 0.25) is 0 Å². The molecule has 0 aliphatic carbocycles. The summed E-state index contributed by atoms with van der Waals surface area (Å²) < 4.78 is 6.09. The molecule has 1 rings (SSSR count). The number of hydrogen-bond acceptors (Lipinski definition) is 5. The van der Waals surface area contributed by atoms with Crippen LogP contribution in [0.2, 0.25) is 0 Å². The first-order valence-electron chi connectivity index (χ1n) is 5.09. The van der Waals surface area contributed by atoms with Crippen molar-refractivity contribution in [3.8, 4) is 0 Å². The van der Waals surface area contributed by atoms with E-state index in [2.05, 4.69) is 15.0 Å². The van der Waals surface area contributed by atoms with Gasteiger partial charge in [0.15, 0.2) is 0 Å². The second kappa shape index (κ2) is 5.07. The molecule has 6 heteroatoms. The van der Waals surface area contributed by atoms with Gasteiger partial charge in [-0.05, 0) is 13.8 Å². The first kappa shape index (κ1) is 12.6. The molecule has 1 aromatic rings. The number of aryl methyl sites for hydroxylation is 1. The van der Waals surface area contributed by atoms with E-state index in [1.165, 1.54) is 7.11 Å². The zero-order valence-electron chi connectivity index (χ0n) is 9.80. The van der Waals surface area contributed by atoms with Crippen LogP contribution in [0, 0.1) is 0 Å². The van der Waals surface area contributed by atoms with Crippen molar-refractivity contribution in [1.29, 1.82) is 0 Å². The minimum Gasteiger partial charge on any atom is -0.469 e. The monoisotopic (exact) mass is 227 g/mol. The van der Waals surface area contributed by atoms with Gasteiger partial charge in [-0.25, -0.2) is 0 Å². The number of ether oxygens (including phenoxy) is 1. The summed E-state index contributed by atoms with van der Waals surface area (Å²) >= 11 is 0. The molecule has 1 heterocycles. The number of esters is 1. The van der Waals surface area contributed by atoms with Crippen LogP contribution in [0.1, 0.15) is 26.0 Å². The van der Waals surface area contributed by atoms with E-state index in [9.17, 15) is 9.90 Å². The smallest absolute Gasteiger partial charge is 0.307 e. The number of carbonyl (C=O) groups is 1. The number of aromatic nitrogens is 3. The van der Waals surface area contributed by atoms with Crippen LogP contribution < -0.4 is 0 Å².